The Kier molecular flexibility index (Phi) is 5.05. The monoisotopic (exact) mass is 337 g/mol. The zero-order valence-corrected chi connectivity index (χ0v) is 11.7. The minimum absolute atomic E-state index is 0.0124. The maximum Gasteiger partial charge on any atom is 0.305 e. The highest BCUT2D eigenvalue weighted by Crippen LogP contribution is 2.08. The summed E-state index contributed by atoms with van der Waals surface area (Å²) in [5, 5.41) is 12.3. The van der Waals surface area contributed by atoms with Crippen molar-refractivity contribution in [3.63, 3.8) is 0 Å². The molecule has 1 aromatic rings. The van der Waals surface area contributed by atoms with Crippen LogP contribution in [0.5, 0.6) is 0 Å². The summed E-state index contributed by atoms with van der Waals surface area (Å²) >= 11 is 3.04. The summed E-state index contributed by atoms with van der Waals surface area (Å²) in [6, 6.07) is 0. The first kappa shape index (κ1) is 14.9. The summed E-state index contributed by atoms with van der Waals surface area (Å²) < 4.78 is 27.6. The van der Waals surface area contributed by atoms with E-state index in [1.807, 2.05) is 0 Å². The molecule has 1 heterocycles. The lowest BCUT2D eigenvalue weighted by molar-refractivity contribution is -0.137. The maximum atomic E-state index is 11.7. The Morgan fingerprint density at radius 1 is 1.61 bits per heavy atom. The first-order chi connectivity index (χ1) is 8.31. The number of rotatable bonds is 7. The van der Waals surface area contributed by atoms with Crippen molar-refractivity contribution in [2.24, 2.45) is 0 Å². The molecule has 0 unspecified atom stereocenters. The molecule has 7 nitrogen and oxygen atoms in total. The van der Waals surface area contributed by atoms with E-state index in [1.165, 1.54) is 17.1 Å². The molecule has 0 atom stereocenters. The van der Waals surface area contributed by atoms with E-state index < -0.39 is 16.0 Å². The van der Waals surface area contributed by atoms with Crippen molar-refractivity contribution in [2.45, 2.75) is 17.9 Å². The Hall–Kier alpha value is -1.19. The van der Waals surface area contributed by atoms with Crippen molar-refractivity contribution >= 4 is 31.9 Å². The zero-order chi connectivity index (χ0) is 13.8. The summed E-state index contributed by atoms with van der Waals surface area (Å²) in [6.07, 6.45) is 2.33. The van der Waals surface area contributed by atoms with Gasteiger partial charge in [-0.1, -0.05) is 22.5 Å². The van der Waals surface area contributed by atoms with Crippen molar-refractivity contribution in [3.05, 3.63) is 23.5 Å². The topological polar surface area (TPSA) is 101 Å². The Labute approximate surface area is 113 Å². The van der Waals surface area contributed by atoms with Crippen molar-refractivity contribution in [1.29, 1.82) is 0 Å². The van der Waals surface area contributed by atoms with Crippen molar-refractivity contribution < 1.29 is 18.3 Å². The van der Waals surface area contributed by atoms with Crippen LogP contribution in [0.4, 0.5) is 0 Å². The number of halogens is 1. The Bertz CT molecular complexity index is 552. The smallest absolute Gasteiger partial charge is 0.305 e. The van der Waals surface area contributed by atoms with Gasteiger partial charge < -0.3 is 5.11 Å². The summed E-state index contributed by atoms with van der Waals surface area (Å²) in [4.78, 5) is 10.4. The second-order valence-electron chi connectivity index (χ2n) is 3.42. The number of carboxylic acids is 1. The van der Waals surface area contributed by atoms with E-state index in [4.69, 9.17) is 5.11 Å². The molecule has 2 N–H and O–H groups in total. The minimum atomic E-state index is -3.64. The number of hydrogen-bond acceptors (Lipinski definition) is 4. The Morgan fingerprint density at radius 2 is 2.28 bits per heavy atom. The minimum Gasteiger partial charge on any atom is -0.481 e. The average molecular weight is 338 g/mol. The number of aryl methyl sites for hydroxylation is 1. The van der Waals surface area contributed by atoms with Crippen LogP contribution in [0.2, 0.25) is 0 Å². The van der Waals surface area contributed by atoms with Gasteiger partial charge in [-0.05, 0) is 0 Å². The van der Waals surface area contributed by atoms with E-state index in [-0.39, 0.29) is 24.4 Å². The number of carboxylic acid groups (broad SMARTS) is 1. The molecule has 0 aliphatic rings. The molecule has 1 rings (SSSR count). The van der Waals surface area contributed by atoms with E-state index in [0.717, 1.165) is 0 Å². The van der Waals surface area contributed by atoms with Crippen LogP contribution < -0.4 is 4.72 Å². The van der Waals surface area contributed by atoms with Gasteiger partial charge in [0.25, 0.3) is 0 Å². The number of nitrogens with zero attached hydrogens (tertiary/aromatic N) is 2. The molecular weight excluding hydrogens is 326 g/mol. The van der Waals surface area contributed by atoms with Gasteiger partial charge >= 0.3 is 5.97 Å². The number of carbonyl (C=O) groups is 1. The van der Waals surface area contributed by atoms with Gasteiger partial charge in [-0.2, -0.15) is 5.10 Å². The van der Waals surface area contributed by atoms with Gasteiger partial charge in [-0.15, -0.1) is 0 Å². The summed E-state index contributed by atoms with van der Waals surface area (Å²) in [5.41, 5.74) is 0. The van der Waals surface area contributed by atoms with Crippen LogP contribution in [-0.2, 0) is 21.4 Å². The lowest BCUT2D eigenvalue weighted by atomic mass is 10.4. The standard InChI is InChI=1S/C9H12BrN3O4S/c1-7(10)4-12-18(16,17)8-5-11-13(6-8)3-2-9(14)15/h5-6,12H,1-4H2,(H,14,15). The molecule has 0 saturated heterocycles. The van der Waals surface area contributed by atoms with Gasteiger partial charge in [0.2, 0.25) is 10.0 Å². The molecule has 9 heteroatoms. The molecule has 0 aliphatic carbocycles. The lowest BCUT2D eigenvalue weighted by Gasteiger charge is -2.02. The molecule has 0 bridgehead atoms. The first-order valence-corrected chi connectivity index (χ1v) is 7.16. The average Bonchev–Trinajstić information content (AvgIpc) is 2.73. The van der Waals surface area contributed by atoms with Crippen LogP contribution in [0.25, 0.3) is 0 Å². The fraction of sp³-hybridized carbons (Fsp3) is 0.333. The van der Waals surface area contributed by atoms with Gasteiger partial charge in [0.1, 0.15) is 4.90 Å². The molecule has 1 aromatic heterocycles. The van der Waals surface area contributed by atoms with Gasteiger partial charge in [-0.25, -0.2) is 13.1 Å². The molecule has 100 valence electrons. The summed E-state index contributed by atoms with van der Waals surface area (Å²) in [6.45, 7) is 3.70. The molecule has 0 aliphatic heterocycles. The van der Waals surface area contributed by atoms with Gasteiger partial charge in [0.05, 0.1) is 19.2 Å². The molecule has 0 aromatic carbocycles. The molecule has 0 fully saturated rings. The Morgan fingerprint density at radius 3 is 2.83 bits per heavy atom. The molecule has 0 radical (unpaired) electrons. The molecule has 0 saturated carbocycles. The van der Waals surface area contributed by atoms with E-state index in [2.05, 4.69) is 32.3 Å². The molecular formula is C9H12BrN3O4S. The molecule has 0 spiro atoms. The summed E-state index contributed by atoms with van der Waals surface area (Å²) in [7, 11) is -3.64. The number of sulfonamides is 1. The third-order valence-corrected chi connectivity index (χ3v) is 3.56. The van der Waals surface area contributed by atoms with Crippen LogP contribution in [0, 0.1) is 0 Å². The van der Waals surface area contributed by atoms with Crippen molar-refractivity contribution in [1.82, 2.24) is 14.5 Å². The lowest BCUT2D eigenvalue weighted by Crippen LogP contribution is -2.24. The quantitative estimate of drug-likeness (QED) is 0.756. The zero-order valence-electron chi connectivity index (χ0n) is 9.34. The fourth-order valence-electron chi connectivity index (χ4n) is 1.07. The molecule has 0 amide bonds. The van der Waals surface area contributed by atoms with Crippen LogP contribution in [0.15, 0.2) is 28.4 Å². The van der Waals surface area contributed by atoms with Gasteiger partial charge in [0, 0.05) is 17.2 Å². The van der Waals surface area contributed by atoms with E-state index in [9.17, 15) is 13.2 Å². The van der Waals surface area contributed by atoms with Crippen molar-refractivity contribution in [3.8, 4) is 0 Å². The maximum absolute atomic E-state index is 11.7. The summed E-state index contributed by atoms with van der Waals surface area (Å²) in [5.74, 6) is -0.969. The number of aliphatic carboxylic acids is 1. The van der Waals surface area contributed by atoms with Crippen LogP contribution in [-0.4, -0.2) is 35.8 Å². The first-order valence-electron chi connectivity index (χ1n) is 4.88. The predicted octanol–water partition coefficient (Wildman–Crippen LogP) is 0.545. The van der Waals surface area contributed by atoms with Gasteiger partial charge in [0.15, 0.2) is 0 Å². The largest absolute Gasteiger partial charge is 0.481 e. The predicted molar refractivity (Wildman–Crippen MR) is 67.7 cm³/mol. The third-order valence-electron chi connectivity index (χ3n) is 1.93. The highest BCUT2D eigenvalue weighted by molar-refractivity contribution is 9.11. The second-order valence-corrected chi connectivity index (χ2v) is 6.31. The van der Waals surface area contributed by atoms with Crippen LogP contribution >= 0.6 is 15.9 Å². The second kappa shape index (κ2) is 6.12. The van der Waals surface area contributed by atoms with E-state index in [1.54, 1.807) is 0 Å². The number of nitrogens with one attached hydrogen (secondary N) is 1. The van der Waals surface area contributed by atoms with Crippen LogP contribution in [0.1, 0.15) is 6.42 Å². The van der Waals surface area contributed by atoms with Gasteiger partial charge in [-0.3, -0.25) is 9.48 Å². The SMILES string of the molecule is C=C(Br)CNS(=O)(=O)c1cnn(CCC(=O)O)c1. The number of hydrogen-bond donors (Lipinski definition) is 2. The van der Waals surface area contributed by atoms with Crippen molar-refractivity contribution in [2.75, 3.05) is 6.54 Å². The highest BCUT2D eigenvalue weighted by Gasteiger charge is 2.16. The normalized spacial score (nSPS) is 11.4. The van der Waals surface area contributed by atoms with E-state index in [0.29, 0.717) is 4.48 Å². The highest BCUT2D eigenvalue weighted by atomic mass is 79.9. The fourth-order valence-corrected chi connectivity index (χ4v) is 2.38. The third kappa shape index (κ3) is 4.59. The van der Waals surface area contributed by atoms with Crippen LogP contribution in [0.3, 0.4) is 0 Å². The van der Waals surface area contributed by atoms with E-state index >= 15 is 0 Å². The molecule has 18 heavy (non-hydrogen) atoms. The number of aromatic nitrogens is 2. The Balaban J connectivity index is 2.72.